The lowest BCUT2D eigenvalue weighted by Gasteiger charge is -2.51. The highest BCUT2D eigenvalue weighted by Gasteiger charge is 2.58. The first-order valence-corrected chi connectivity index (χ1v) is 21.9. The summed E-state index contributed by atoms with van der Waals surface area (Å²) in [4.78, 5) is 44.3. The molecule has 5 heterocycles. The van der Waals surface area contributed by atoms with Crippen LogP contribution in [-0.4, -0.2) is 280 Å². The number of phosphoric acid groups is 1. The van der Waals surface area contributed by atoms with Crippen LogP contribution in [0.15, 0.2) is 0 Å². The fourth-order valence-electron chi connectivity index (χ4n) is 8.10. The highest BCUT2D eigenvalue weighted by atomic mass is 31.2. The Morgan fingerprint density at radius 3 is 1.35 bits per heavy atom. The van der Waals surface area contributed by atoms with Gasteiger partial charge in [-0.05, 0) is 0 Å². The predicted octanol–water partition coefficient (Wildman–Crippen LogP) is -11.5. The van der Waals surface area contributed by atoms with Crippen molar-refractivity contribution in [2.24, 2.45) is 0 Å². The zero-order valence-electron chi connectivity index (χ0n) is 34.9. The van der Waals surface area contributed by atoms with Crippen LogP contribution >= 0.6 is 7.82 Å². The van der Waals surface area contributed by atoms with Crippen molar-refractivity contribution in [1.29, 1.82) is 0 Å². The number of rotatable bonds is 17. The number of amides is 2. The van der Waals surface area contributed by atoms with Crippen LogP contribution in [-0.2, 0) is 61.3 Å². The monoisotopic (exact) mass is 990 g/mol. The molecule has 0 unspecified atom stereocenters. The number of aliphatic hydroxyl groups excluding tert-OH is 14. The summed E-state index contributed by atoms with van der Waals surface area (Å²) < 4.78 is 67.6. The molecule has 384 valence electrons. The second kappa shape index (κ2) is 23.4. The van der Waals surface area contributed by atoms with Crippen LogP contribution in [0.3, 0.4) is 0 Å². The second-order valence-electron chi connectivity index (χ2n) is 16.0. The van der Waals surface area contributed by atoms with Crippen LogP contribution < -0.4 is 10.6 Å². The Kier molecular flexibility index (Phi) is 19.5. The van der Waals surface area contributed by atoms with Gasteiger partial charge in [-0.25, -0.2) is 4.57 Å². The van der Waals surface area contributed by atoms with Crippen molar-refractivity contribution in [3.63, 3.8) is 0 Å². The molecule has 0 bridgehead atoms. The molecule has 0 spiro atoms. The van der Waals surface area contributed by atoms with Crippen molar-refractivity contribution in [3.05, 3.63) is 0 Å². The molecule has 25 atom stereocenters. The average Bonchev–Trinajstić information content (AvgIpc) is 3.25. The number of hydrogen-bond donors (Lipinski definition) is 18. The van der Waals surface area contributed by atoms with E-state index in [0.29, 0.717) is 0 Å². The minimum Gasteiger partial charge on any atom is -0.394 e. The summed E-state index contributed by atoms with van der Waals surface area (Å²) in [5, 5.41) is 153. The highest BCUT2D eigenvalue weighted by molar-refractivity contribution is 7.46. The number of hydrogen-bond acceptors (Lipinski definition) is 27. The van der Waals surface area contributed by atoms with Gasteiger partial charge in [0.05, 0.1) is 33.0 Å². The lowest BCUT2D eigenvalue weighted by atomic mass is 9.93. The maximum atomic E-state index is 12.7. The molecule has 5 rings (SSSR count). The largest absolute Gasteiger partial charge is 0.470 e. The molecule has 5 aliphatic rings. The molecule has 2 amide bonds. The van der Waals surface area contributed by atoms with E-state index in [2.05, 4.69) is 10.6 Å². The molecule has 5 fully saturated rings. The fraction of sp³-hybridized carbons (Fsp3) is 0.941. The van der Waals surface area contributed by atoms with Crippen molar-refractivity contribution in [2.75, 3.05) is 33.0 Å². The third kappa shape index (κ3) is 12.3. The molecule has 0 aliphatic carbocycles. The first kappa shape index (κ1) is 55.1. The number of nitrogens with one attached hydrogen (secondary N) is 2. The summed E-state index contributed by atoms with van der Waals surface area (Å²) >= 11 is 0. The van der Waals surface area contributed by atoms with E-state index in [1.54, 1.807) is 0 Å². The number of phosphoric ester groups is 1. The lowest BCUT2D eigenvalue weighted by Crippen LogP contribution is -2.71. The van der Waals surface area contributed by atoms with E-state index in [0.717, 1.165) is 13.8 Å². The van der Waals surface area contributed by atoms with E-state index in [-0.39, 0.29) is 0 Å². The van der Waals surface area contributed by atoms with Crippen LogP contribution in [0.5, 0.6) is 0 Å². The second-order valence-corrected chi connectivity index (χ2v) is 17.2. The quantitative estimate of drug-likeness (QED) is 0.0602. The minimum atomic E-state index is -5.50. The zero-order valence-corrected chi connectivity index (χ0v) is 35.8. The normalized spacial score (nSPS) is 47.0. The first-order valence-electron chi connectivity index (χ1n) is 20.3. The zero-order chi connectivity index (χ0) is 49.1. The maximum absolute atomic E-state index is 12.7. The van der Waals surface area contributed by atoms with Gasteiger partial charge in [0.2, 0.25) is 11.8 Å². The topological polar surface area (TPSA) is 491 Å². The lowest BCUT2D eigenvalue weighted by molar-refractivity contribution is -0.387. The molecular formula is C34H59N2O29P. The molecule has 0 aromatic heterocycles. The van der Waals surface area contributed by atoms with Gasteiger partial charge in [-0.1, -0.05) is 0 Å². The molecule has 31 nitrogen and oxygen atoms in total. The van der Waals surface area contributed by atoms with Crippen LogP contribution in [0.4, 0.5) is 0 Å². The Morgan fingerprint density at radius 1 is 0.439 bits per heavy atom. The maximum Gasteiger partial charge on any atom is 0.470 e. The Morgan fingerprint density at radius 2 is 0.833 bits per heavy atom. The molecule has 0 aromatic rings. The van der Waals surface area contributed by atoms with Crippen LogP contribution in [0, 0.1) is 0 Å². The smallest absolute Gasteiger partial charge is 0.394 e. The van der Waals surface area contributed by atoms with E-state index in [4.69, 9.17) is 47.2 Å². The molecule has 32 heteroatoms. The molecule has 0 saturated carbocycles. The SMILES string of the molecule is CC(=O)N[C@@H]1[C@@H](O[C@@H]2O[C@H](CO)[C@@H](O)[C@H](O[C@@H]3O[C@H](CO)[C@H](O)[C@H](O[C@@H]4O[C@H](CO)[C@@H](O[C@H]5O[C@H](CO)[C@@H](O)[C@H](O)[C@H]5O)[C@H](O)[C@H]4O)[C@H]3O)[C@H]2NC(C)=O)[C@H](OP(=O)(O)O)[C@@H](CO)O[C@@H]1O. The third-order valence-electron chi connectivity index (χ3n) is 11.4. The Balaban J connectivity index is 1.41. The summed E-state index contributed by atoms with van der Waals surface area (Å²) in [5.74, 6) is -1.75. The van der Waals surface area contributed by atoms with Gasteiger partial charge in [0.25, 0.3) is 0 Å². The van der Waals surface area contributed by atoms with Gasteiger partial charge in [-0.15, -0.1) is 0 Å². The molecule has 66 heavy (non-hydrogen) atoms. The van der Waals surface area contributed by atoms with Gasteiger partial charge in [0.15, 0.2) is 31.5 Å². The van der Waals surface area contributed by atoms with E-state index in [1.807, 2.05) is 0 Å². The Labute approximate surface area is 373 Å². The van der Waals surface area contributed by atoms with Crippen molar-refractivity contribution < 1.29 is 143 Å². The number of carbonyl (C=O) groups is 2. The summed E-state index contributed by atoms with van der Waals surface area (Å²) in [5.41, 5.74) is 0. The van der Waals surface area contributed by atoms with Crippen LogP contribution in [0.2, 0.25) is 0 Å². The summed E-state index contributed by atoms with van der Waals surface area (Å²) in [6.45, 7) is -3.07. The fourth-order valence-corrected chi connectivity index (χ4v) is 8.67. The number of aliphatic hydroxyl groups is 14. The summed E-state index contributed by atoms with van der Waals surface area (Å²) in [7, 11) is -5.50. The summed E-state index contributed by atoms with van der Waals surface area (Å²) in [6, 6.07) is -3.60. The average molecular weight is 991 g/mol. The van der Waals surface area contributed by atoms with Gasteiger partial charge in [-0.3, -0.25) is 14.1 Å². The highest BCUT2D eigenvalue weighted by Crippen LogP contribution is 2.43. The minimum absolute atomic E-state index is 0.851. The van der Waals surface area contributed by atoms with Gasteiger partial charge in [0.1, 0.15) is 122 Å². The van der Waals surface area contributed by atoms with Gasteiger partial charge in [-0.2, -0.15) is 0 Å². The van der Waals surface area contributed by atoms with Crippen molar-refractivity contribution in [3.8, 4) is 0 Å². The Bertz CT molecular complexity index is 1620. The van der Waals surface area contributed by atoms with Gasteiger partial charge in [0, 0.05) is 13.8 Å². The Hall–Kier alpha value is -1.87. The van der Waals surface area contributed by atoms with Crippen molar-refractivity contribution in [2.45, 2.75) is 167 Å². The summed E-state index contributed by atoms with van der Waals surface area (Å²) in [6.07, 6.45) is -44.7. The molecule has 0 radical (unpaired) electrons. The molecule has 0 aromatic carbocycles. The van der Waals surface area contributed by atoms with E-state index < -0.39 is 206 Å². The number of ether oxygens (including phenoxy) is 9. The van der Waals surface area contributed by atoms with Crippen molar-refractivity contribution in [1.82, 2.24) is 10.6 Å². The molecule has 5 aliphatic heterocycles. The third-order valence-corrected chi connectivity index (χ3v) is 11.9. The predicted molar refractivity (Wildman–Crippen MR) is 201 cm³/mol. The van der Waals surface area contributed by atoms with Crippen LogP contribution in [0.1, 0.15) is 13.8 Å². The molecule has 5 saturated heterocycles. The molecule has 18 N–H and O–H groups in total. The molecular weight excluding hydrogens is 931 g/mol. The van der Waals surface area contributed by atoms with Gasteiger partial charge >= 0.3 is 7.82 Å². The van der Waals surface area contributed by atoms with Crippen molar-refractivity contribution >= 4 is 19.6 Å². The van der Waals surface area contributed by atoms with E-state index in [1.165, 1.54) is 0 Å². The van der Waals surface area contributed by atoms with E-state index >= 15 is 0 Å². The van der Waals surface area contributed by atoms with E-state index in [9.17, 15) is 95.4 Å². The van der Waals surface area contributed by atoms with Crippen LogP contribution in [0.25, 0.3) is 0 Å². The number of carbonyl (C=O) groups excluding carboxylic acids is 2. The first-order chi connectivity index (χ1) is 31.0. The standard InChI is InChI=1S/C34H59N2O29P/c1-8(42)35-15-28(26(65-66(53,54)55)14(7-41)56-30(15)52)63-31-16(36-9(2)43)27(18(45)11(4-38)57-31)62-34-24(51)29(19(46)12(5-39)59-34)64-33-23(50)21(48)25(13(6-40)60-33)61-32-22(49)20(47)17(44)10(3-37)58-32/h10-34,37-41,44-52H,3-7H2,1-2H3,(H,35,42)(H,36,43)(H2,53,54,55)/t10-,11-,12-,13-,14-,15-,16-,17-,18-,19+,20+,21-,22-,23-,24-,25-,26-,27-,28-,29+,30+,31+,32-,33+,34+/m1/s1. The van der Waals surface area contributed by atoms with Gasteiger partial charge < -0.3 is 135 Å².